The Morgan fingerprint density at radius 2 is 1.63 bits per heavy atom. The van der Waals surface area contributed by atoms with Crippen LogP contribution >= 0.6 is 0 Å². The number of nitrogens with zero attached hydrogens (tertiary/aromatic N) is 2. The van der Waals surface area contributed by atoms with E-state index in [-0.39, 0.29) is 5.91 Å². The molecule has 4 rings (SSSR count). The summed E-state index contributed by atoms with van der Waals surface area (Å²) in [5, 5.41) is 7.55. The molecule has 0 atom stereocenters. The maximum Gasteiger partial charge on any atom is 0.243 e. The third-order valence-corrected chi connectivity index (χ3v) is 7.54. The number of fused-ring (bicyclic) bond motifs is 3. The first-order valence-corrected chi connectivity index (χ1v) is 15.4. The van der Waals surface area contributed by atoms with Crippen LogP contribution in [0, 0.1) is 0 Å². The number of hydrogen-bond acceptors (Lipinski definition) is 5. The third kappa shape index (κ3) is 8.64. The predicted octanol–water partition coefficient (Wildman–Crippen LogP) is 7.97. The van der Waals surface area contributed by atoms with E-state index in [1.807, 2.05) is 48.5 Å². The molecule has 218 valence electrons. The van der Waals surface area contributed by atoms with Gasteiger partial charge in [-0.25, -0.2) is 9.97 Å². The standard InChI is InChI=1S/C34H46N6O/c1-3-13-26(14-4-2)33-39-31-28-15-9-10-16-29(28)38-34(32(31)40-33)37-27-20-17-25(18-21-27)19-22-30(41)36-24-12-8-6-5-7-11-23-35/h9-10,15-22,26H,3-8,11-14,23-24,35H2,1-2H3,(H,36,41)(H,37,38)(H,39,40)/b22-19+. The number of nitrogens with two attached hydrogens (primary N) is 1. The largest absolute Gasteiger partial charge is 0.353 e. The number of para-hydroxylation sites is 1. The zero-order valence-electron chi connectivity index (χ0n) is 24.7. The molecule has 0 saturated heterocycles. The van der Waals surface area contributed by atoms with Crippen LogP contribution in [0.1, 0.15) is 95.4 Å². The number of imidazole rings is 1. The lowest BCUT2D eigenvalue weighted by atomic mass is 9.98. The fourth-order valence-corrected chi connectivity index (χ4v) is 5.34. The van der Waals surface area contributed by atoms with Crippen molar-refractivity contribution >= 4 is 45.4 Å². The Morgan fingerprint density at radius 1 is 0.927 bits per heavy atom. The van der Waals surface area contributed by atoms with Crippen LogP contribution in [0.2, 0.25) is 0 Å². The summed E-state index contributed by atoms with van der Waals surface area (Å²) in [6.45, 7) is 5.95. The molecule has 0 aliphatic heterocycles. The van der Waals surface area contributed by atoms with Crippen molar-refractivity contribution < 1.29 is 4.79 Å². The average Bonchev–Trinajstić information content (AvgIpc) is 3.44. The van der Waals surface area contributed by atoms with Crippen LogP contribution in [0.25, 0.3) is 28.0 Å². The number of carbonyl (C=O) groups excluding carboxylic acids is 1. The summed E-state index contributed by atoms with van der Waals surface area (Å²) in [5.74, 6) is 2.17. The second-order valence-electron chi connectivity index (χ2n) is 10.9. The SMILES string of the molecule is CCCC(CCC)c1nc2c([nH]1)c(Nc1ccc(/C=C/C(=O)NCCCCCCCCN)cc1)nc1ccccc12. The number of benzene rings is 2. The van der Waals surface area contributed by atoms with E-state index in [0.717, 1.165) is 96.3 Å². The number of aromatic nitrogens is 3. The van der Waals surface area contributed by atoms with Crippen molar-refractivity contribution in [2.24, 2.45) is 5.73 Å². The van der Waals surface area contributed by atoms with E-state index in [2.05, 4.69) is 35.5 Å². The number of rotatable bonds is 17. The number of nitrogens with one attached hydrogen (secondary N) is 3. The molecule has 0 spiro atoms. The van der Waals surface area contributed by atoms with Crippen molar-refractivity contribution in [3.05, 3.63) is 66.0 Å². The fourth-order valence-electron chi connectivity index (χ4n) is 5.34. The predicted molar refractivity (Wildman–Crippen MR) is 172 cm³/mol. The molecule has 0 aliphatic rings. The zero-order chi connectivity index (χ0) is 28.9. The van der Waals surface area contributed by atoms with Gasteiger partial charge in [0.25, 0.3) is 0 Å². The molecular weight excluding hydrogens is 508 g/mol. The van der Waals surface area contributed by atoms with Gasteiger partial charge in [-0.1, -0.05) is 82.7 Å². The summed E-state index contributed by atoms with van der Waals surface area (Å²) >= 11 is 0. The summed E-state index contributed by atoms with van der Waals surface area (Å²) in [7, 11) is 0. The van der Waals surface area contributed by atoms with Gasteiger partial charge in [-0.15, -0.1) is 0 Å². The quantitative estimate of drug-likeness (QED) is 0.0782. The highest BCUT2D eigenvalue weighted by molar-refractivity contribution is 6.07. The smallest absolute Gasteiger partial charge is 0.243 e. The molecule has 0 radical (unpaired) electrons. The highest BCUT2D eigenvalue weighted by Gasteiger charge is 2.18. The highest BCUT2D eigenvalue weighted by Crippen LogP contribution is 2.33. The Labute approximate surface area is 244 Å². The second kappa shape index (κ2) is 15.9. The number of unbranched alkanes of at least 4 members (excludes halogenated alkanes) is 5. The molecule has 1 amide bonds. The first kappa shape index (κ1) is 30.3. The average molecular weight is 555 g/mol. The van der Waals surface area contributed by atoms with Crippen molar-refractivity contribution in [2.45, 2.75) is 84.0 Å². The van der Waals surface area contributed by atoms with Gasteiger partial charge >= 0.3 is 0 Å². The lowest BCUT2D eigenvalue weighted by molar-refractivity contribution is -0.116. The number of pyridine rings is 1. The van der Waals surface area contributed by atoms with E-state index in [0.29, 0.717) is 12.5 Å². The van der Waals surface area contributed by atoms with Crippen LogP contribution in [0.4, 0.5) is 11.5 Å². The lowest BCUT2D eigenvalue weighted by Gasteiger charge is -2.11. The molecule has 5 N–H and O–H groups in total. The van der Waals surface area contributed by atoms with Gasteiger partial charge in [-0.05, 0) is 62.1 Å². The van der Waals surface area contributed by atoms with Crippen LogP contribution in [0.15, 0.2) is 54.6 Å². The zero-order valence-corrected chi connectivity index (χ0v) is 24.7. The maximum atomic E-state index is 12.2. The molecule has 0 saturated carbocycles. The van der Waals surface area contributed by atoms with Gasteiger partial charge in [-0.3, -0.25) is 4.79 Å². The van der Waals surface area contributed by atoms with E-state index < -0.39 is 0 Å². The highest BCUT2D eigenvalue weighted by atomic mass is 16.1. The topological polar surface area (TPSA) is 109 Å². The van der Waals surface area contributed by atoms with Crippen LogP contribution in [0.3, 0.4) is 0 Å². The van der Waals surface area contributed by atoms with Crippen molar-refractivity contribution in [1.29, 1.82) is 0 Å². The van der Waals surface area contributed by atoms with Crippen molar-refractivity contribution in [3.63, 3.8) is 0 Å². The second-order valence-corrected chi connectivity index (χ2v) is 10.9. The van der Waals surface area contributed by atoms with Crippen LogP contribution < -0.4 is 16.4 Å². The molecule has 0 fully saturated rings. The van der Waals surface area contributed by atoms with E-state index in [4.69, 9.17) is 15.7 Å². The van der Waals surface area contributed by atoms with Gasteiger partial charge in [0, 0.05) is 29.6 Å². The van der Waals surface area contributed by atoms with Crippen LogP contribution in [-0.2, 0) is 4.79 Å². The summed E-state index contributed by atoms with van der Waals surface area (Å²) < 4.78 is 0. The normalized spacial score (nSPS) is 11.7. The van der Waals surface area contributed by atoms with E-state index in [1.165, 1.54) is 19.3 Å². The molecule has 4 aromatic rings. The molecule has 2 heterocycles. The summed E-state index contributed by atoms with van der Waals surface area (Å²) in [4.78, 5) is 25.9. The number of carbonyl (C=O) groups is 1. The van der Waals surface area contributed by atoms with E-state index in [1.54, 1.807) is 6.08 Å². The summed E-state index contributed by atoms with van der Waals surface area (Å²) in [6, 6.07) is 16.2. The molecular formula is C34H46N6O. The molecule has 7 heteroatoms. The van der Waals surface area contributed by atoms with Gasteiger partial charge in [0.1, 0.15) is 16.9 Å². The monoisotopic (exact) mass is 554 g/mol. The number of aromatic amines is 1. The minimum Gasteiger partial charge on any atom is -0.353 e. The maximum absolute atomic E-state index is 12.2. The Balaban J connectivity index is 1.40. The number of H-pyrrole nitrogens is 1. The molecule has 41 heavy (non-hydrogen) atoms. The van der Waals surface area contributed by atoms with Gasteiger partial charge in [-0.2, -0.15) is 0 Å². The third-order valence-electron chi connectivity index (χ3n) is 7.54. The van der Waals surface area contributed by atoms with Crippen molar-refractivity contribution in [1.82, 2.24) is 20.3 Å². The molecule has 7 nitrogen and oxygen atoms in total. The number of amides is 1. The van der Waals surface area contributed by atoms with Crippen LogP contribution in [-0.4, -0.2) is 33.9 Å². The van der Waals surface area contributed by atoms with Gasteiger partial charge in [0.2, 0.25) is 5.91 Å². The Morgan fingerprint density at radius 3 is 2.37 bits per heavy atom. The number of anilines is 2. The van der Waals surface area contributed by atoms with Crippen molar-refractivity contribution in [3.8, 4) is 0 Å². The Bertz CT molecular complexity index is 1400. The van der Waals surface area contributed by atoms with Gasteiger partial charge in [0.05, 0.1) is 5.52 Å². The Kier molecular flexibility index (Phi) is 11.7. The first-order chi connectivity index (χ1) is 20.1. The van der Waals surface area contributed by atoms with Crippen molar-refractivity contribution in [2.75, 3.05) is 18.4 Å². The van der Waals surface area contributed by atoms with Gasteiger partial charge in [0.15, 0.2) is 5.82 Å². The van der Waals surface area contributed by atoms with Gasteiger partial charge < -0.3 is 21.4 Å². The molecule has 2 aromatic heterocycles. The minimum absolute atomic E-state index is 0.0578. The first-order valence-electron chi connectivity index (χ1n) is 15.4. The van der Waals surface area contributed by atoms with E-state index >= 15 is 0 Å². The summed E-state index contributed by atoms with van der Waals surface area (Å²) in [5.41, 5.74) is 10.2. The molecule has 0 aliphatic carbocycles. The van der Waals surface area contributed by atoms with Crippen LogP contribution in [0.5, 0.6) is 0 Å². The molecule has 0 bridgehead atoms. The Hall–Kier alpha value is -3.71. The fraction of sp³-hybridized carbons (Fsp3) is 0.441. The number of hydrogen-bond donors (Lipinski definition) is 4. The molecule has 0 unspecified atom stereocenters. The minimum atomic E-state index is -0.0578. The van der Waals surface area contributed by atoms with E-state index in [9.17, 15) is 4.79 Å². The summed E-state index contributed by atoms with van der Waals surface area (Å²) in [6.07, 6.45) is 14.8. The molecule has 2 aromatic carbocycles. The lowest BCUT2D eigenvalue weighted by Crippen LogP contribution is -2.21.